The van der Waals surface area contributed by atoms with Crippen LogP contribution >= 0.6 is 11.3 Å². The van der Waals surface area contributed by atoms with Crippen LogP contribution in [0, 0.1) is 0 Å². The van der Waals surface area contributed by atoms with E-state index >= 15 is 0 Å². The number of ether oxygens (including phenoxy) is 1. The van der Waals surface area contributed by atoms with E-state index < -0.39 is 0 Å². The molecule has 0 unspecified atom stereocenters. The largest absolute Gasteiger partial charge is 0.497 e. The third-order valence-corrected chi connectivity index (χ3v) is 5.72. The summed E-state index contributed by atoms with van der Waals surface area (Å²) in [6.07, 6.45) is 0. The van der Waals surface area contributed by atoms with Crippen molar-refractivity contribution in [1.29, 1.82) is 0 Å². The molecule has 0 aliphatic rings. The van der Waals surface area contributed by atoms with E-state index in [1.165, 1.54) is 0 Å². The van der Waals surface area contributed by atoms with Crippen molar-refractivity contribution in [2.45, 2.75) is 0 Å². The number of rotatable bonds is 5. The minimum atomic E-state index is 0.833. The Morgan fingerprint density at radius 1 is 0.733 bits per heavy atom. The first-order valence-corrected chi connectivity index (χ1v) is 10.5. The van der Waals surface area contributed by atoms with E-state index in [9.17, 15) is 0 Å². The Balaban J connectivity index is 1.59. The van der Waals surface area contributed by atoms with Crippen LogP contribution in [0.3, 0.4) is 0 Å². The van der Waals surface area contributed by atoms with Gasteiger partial charge in [-0.15, -0.1) is 11.3 Å². The van der Waals surface area contributed by atoms with Gasteiger partial charge < -0.3 is 4.74 Å². The molecule has 2 heterocycles. The molecule has 0 atom stereocenters. The smallest absolute Gasteiger partial charge is 0.211 e. The molecule has 0 fully saturated rings. The van der Waals surface area contributed by atoms with Crippen LogP contribution in [0.1, 0.15) is 0 Å². The highest BCUT2D eigenvalue weighted by atomic mass is 32.1. The van der Waals surface area contributed by atoms with Gasteiger partial charge in [-0.1, -0.05) is 60.7 Å². The highest BCUT2D eigenvalue weighted by molar-refractivity contribution is 7.12. The van der Waals surface area contributed by atoms with Crippen molar-refractivity contribution in [3.05, 3.63) is 96.4 Å². The Morgan fingerprint density at radius 3 is 2.03 bits per heavy atom. The average Bonchev–Trinajstić information content (AvgIpc) is 3.48. The van der Waals surface area contributed by atoms with Crippen molar-refractivity contribution in [2.75, 3.05) is 7.11 Å². The SMILES string of the molecule is COc1ccc(-c2csc(-n3nc(-c4ccccc4)cc3-c3ccccc3)n2)cc1. The van der Waals surface area contributed by atoms with Crippen LogP contribution < -0.4 is 4.74 Å². The summed E-state index contributed by atoms with van der Waals surface area (Å²) in [7, 11) is 1.67. The van der Waals surface area contributed by atoms with E-state index in [0.29, 0.717) is 0 Å². The van der Waals surface area contributed by atoms with Crippen LogP contribution in [0.15, 0.2) is 96.4 Å². The molecule has 146 valence electrons. The first-order chi connectivity index (χ1) is 14.8. The van der Waals surface area contributed by atoms with Gasteiger partial charge in [-0.2, -0.15) is 5.10 Å². The molecule has 0 bridgehead atoms. The van der Waals surface area contributed by atoms with Gasteiger partial charge in [0.2, 0.25) is 5.13 Å². The van der Waals surface area contributed by atoms with E-state index in [-0.39, 0.29) is 0 Å². The van der Waals surface area contributed by atoms with E-state index in [1.54, 1.807) is 18.4 Å². The molecule has 0 amide bonds. The molecule has 0 spiro atoms. The minimum absolute atomic E-state index is 0.833. The van der Waals surface area contributed by atoms with E-state index in [2.05, 4.69) is 35.7 Å². The molecule has 5 heteroatoms. The molecule has 3 aromatic carbocycles. The number of benzene rings is 3. The monoisotopic (exact) mass is 409 g/mol. The number of aromatic nitrogens is 3. The zero-order valence-corrected chi connectivity index (χ0v) is 17.2. The van der Waals surface area contributed by atoms with E-state index in [4.69, 9.17) is 14.8 Å². The Kier molecular flexibility index (Phi) is 4.87. The predicted molar refractivity (Wildman–Crippen MR) is 122 cm³/mol. The summed E-state index contributed by atoms with van der Waals surface area (Å²) in [5, 5.41) is 7.81. The second kappa shape index (κ2) is 7.97. The predicted octanol–water partition coefficient (Wildman–Crippen LogP) is 6.34. The first kappa shape index (κ1) is 18.3. The maximum absolute atomic E-state index is 5.26. The lowest BCUT2D eigenvalue weighted by Gasteiger charge is -2.04. The molecule has 0 saturated carbocycles. The van der Waals surface area contributed by atoms with Gasteiger partial charge in [0.25, 0.3) is 0 Å². The van der Waals surface area contributed by atoms with Crippen molar-refractivity contribution in [2.24, 2.45) is 0 Å². The topological polar surface area (TPSA) is 39.9 Å². The van der Waals surface area contributed by atoms with Crippen LogP contribution in [-0.2, 0) is 0 Å². The summed E-state index contributed by atoms with van der Waals surface area (Å²) in [5.41, 5.74) is 6.11. The van der Waals surface area contributed by atoms with Crippen LogP contribution in [0.25, 0.3) is 38.9 Å². The van der Waals surface area contributed by atoms with Gasteiger partial charge in [-0.05, 0) is 30.3 Å². The fourth-order valence-electron chi connectivity index (χ4n) is 3.35. The summed E-state index contributed by atoms with van der Waals surface area (Å²) < 4.78 is 7.20. The molecule has 0 N–H and O–H groups in total. The summed E-state index contributed by atoms with van der Waals surface area (Å²) in [4.78, 5) is 4.88. The third kappa shape index (κ3) is 3.51. The van der Waals surface area contributed by atoms with Crippen LogP contribution in [-0.4, -0.2) is 21.9 Å². The number of methoxy groups -OCH3 is 1. The van der Waals surface area contributed by atoms with Crippen LogP contribution in [0.4, 0.5) is 0 Å². The van der Waals surface area contributed by atoms with Gasteiger partial charge >= 0.3 is 0 Å². The second-order valence-electron chi connectivity index (χ2n) is 6.80. The average molecular weight is 410 g/mol. The normalized spacial score (nSPS) is 10.8. The zero-order chi connectivity index (χ0) is 20.3. The van der Waals surface area contributed by atoms with Gasteiger partial charge in [0, 0.05) is 22.1 Å². The fraction of sp³-hybridized carbons (Fsp3) is 0.0400. The highest BCUT2D eigenvalue weighted by Crippen LogP contribution is 2.31. The molecular formula is C25H19N3OS. The number of thiazole rings is 1. The quantitative estimate of drug-likeness (QED) is 0.340. The Morgan fingerprint density at radius 2 is 1.37 bits per heavy atom. The summed E-state index contributed by atoms with van der Waals surface area (Å²) in [6, 6.07) is 30.6. The van der Waals surface area contributed by atoms with E-state index in [0.717, 1.165) is 44.7 Å². The lowest BCUT2D eigenvalue weighted by Crippen LogP contribution is -1.98. The van der Waals surface area contributed by atoms with Gasteiger partial charge in [-0.25, -0.2) is 9.67 Å². The number of nitrogens with zero attached hydrogens (tertiary/aromatic N) is 3. The molecule has 0 aliphatic carbocycles. The molecule has 4 nitrogen and oxygen atoms in total. The minimum Gasteiger partial charge on any atom is -0.497 e. The Hall–Kier alpha value is -3.70. The molecule has 0 aliphatic heterocycles. The van der Waals surface area contributed by atoms with Crippen molar-refractivity contribution < 1.29 is 4.74 Å². The molecule has 0 saturated heterocycles. The molecule has 0 radical (unpaired) electrons. The molecule has 30 heavy (non-hydrogen) atoms. The second-order valence-corrected chi connectivity index (χ2v) is 7.64. The summed E-state index contributed by atoms with van der Waals surface area (Å²) >= 11 is 1.58. The number of hydrogen-bond donors (Lipinski definition) is 0. The Labute approximate surface area is 179 Å². The van der Waals surface area contributed by atoms with Gasteiger partial charge in [0.05, 0.1) is 24.2 Å². The summed E-state index contributed by atoms with van der Waals surface area (Å²) in [5.74, 6) is 0.833. The van der Waals surface area contributed by atoms with Gasteiger partial charge in [0.15, 0.2) is 0 Å². The third-order valence-electron chi connectivity index (χ3n) is 4.91. The highest BCUT2D eigenvalue weighted by Gasteiger charge is 2.16. The fourth-order valence-corrected chi connectivity index (χ4v) is 4.14. The molecular weight excluding hydrogens is 390 g/mol. The lowest BCUT2D eigenvalue weighted by atomic mass is 10.1. The maximum Gasteiger partial charge on any atom is 0.211 e. The maximum atomic E-state index is 5.26. The standard InChI is InChI=1S/C25H19N3OS/c1-29-21-14-12-19(13-15-21)23-17-30-25(26-23)28-24(20-10-6-3-7-11-20)16-22(27-28)18-8-4-2-5-9-18/h2-17H,1H3. The summed E-state index contributed by atoms with van der Waals surface area (Å²) in [6.45, 7) is 0. The van der Waals surface area contributed by atoms with Gasteiger partial charge in [-0.3, -0.25) is 0 Å². The van der Waals surface area contributed by atoms with Crippen LogP contribution in [0.5, 0.6) is 5.75 Å². The Bertz CT molecular complexity index is 1260. The molecule has 5 rings (SSSR count). The molecule has 5 aromatic rings. The van der Waals surface area contributed by atoms with Crippen molar-refractivity contribution in [1.82, 2.24) is 14.8 Å². The van der Waals surface area contributed by atoms with Gasteiger partial charge in [0.1, 0.15) is 5.75 Å². The van der Waals surface area contributed by atoms with Crippen LogP contribution in [0.2, 0.25) is 0 Å². The lowest BCUT2D eigenvalue weighted by molar-refractivity contribution is 0.415. The van der Waals surface area contributed by atoms with Crippen molar-refractivity contribution in [3.8, 4) is 44.7 Å². The first-order valence-electron chi connectivity index (χ1n) is 9.63. The molecule has 2 aromatic heterocycles. The number of hydrogen-bond acceptors (Lipinski definition) is 4. The van der Waals surface area contributed by atoms with Crippen molar-refractivity contribution in [3.63, 3.8) is 0 Å². The van der Waals surface area contributed by atoms with E-state index in [1.807, 2.05) is 65.3 Å². The zero-order valence-electron chi connectivity index (χ0n) is 16.4. The van der Waals surface area contributed by atoms with Crippen molar-refractivity contribution >= 4 is 11.3 Å².